The highest BCUT2D eigenvalue weighted by molar-refractivity contribution is 7.19. The zero-order valence-corrected chi connectivity index (χ0v) is 39.2. The summed E-state index contributed by atoms with van der Waals surface area (Å²) in [6, 6.07) is 98.3. The molecule has 0 N–H and O–H groups in total. The number of hydrogen-bond acceptors (Lipinski definition) is 1. The number of furan rings is 1. The summed E-state index contributed by atoms with van der Waals surface area (Å²) in [4.78, 5) is 0. The van der Waals surface area contributed by atoms with E-state index in [4.69, 9.17) is 4.42 Å². The van der Waals surface area contributed by atoms with Crippen LogP contribution < -0.4 is 20.7 Å². The molecule has 0 aliphatic carbocycles. The molecule has 70 heavy (non-hydrogen) atoms. The molecule has 0 unspecified atom stereocenters. The fourth-order valence-corrected chi connectivity index (χ4v) is 16.4. The summed E-state index contributed by atoms with van der Waals surface area (Å²) in [5, 5.41) is 12.5. The van der Waals surface area contributed by atoms with Crippen molar-refractivity contribution in [2.75, 3.05) is 0 Å². The van der Waals surface area contributed by atoms with Crippen molar-refractivity contribution in [3.8, 4) is 33.6 Å². The average molecular weight is 909 g/mol. The minimum atomic E-state index is -2.78. The molecule has 14 aromatic rings. The molecule has 0 saturated heterocycles. The third-order valence-corrected chi connectivity index (χ3v) is 19.4. The first-order valence-electron chi connectivity index (χ1n) is 24.1. The van der Waals surface area contributed by atoms with E-state index in [1.165, 1.54) is 70.0 Å². The zero-order chi connectivity index (χ0) is 46.2. The molecule has 3 aromatic heterocycles. The van der Waals surface area contributed by atoms with E-state index in [9.17, 15) is 0 Å². The van der Waals surface area contributed by atoms with Crippen molar-refractivity contribution in [2.24, 2.45) is 0 Å². The summed E-state index contributed by atoms with van der Waals surface area (Å²) in [6.07, 6.45) is 0. The number of para-hydroxylation sites is 2. The highest BCUT2D eigenvalue weighted by atomic mass is 28.3. The number of nitrogens with zero attached hydrogens (tertiary/aromatic N) is 2. The molecule has 0 atom stereocenters. The maximum atomic E-state index is 6.45. The lowest BCUT2D eigenvalue weighted by molar-refractivity contribution is 0.669. The van der Waals surface area contributed by atoms with E-state index < -0.39 is 8.07 Å². The van der Waals surface area contributed by atoms with Crippen LogP contribution in [-0.2, 0) is 0 Å². The molecule has 0 radical (unpaired) electrons. The van der Waals surface area contributed by atoms with Crippen LogP contribution in [0.1, 0.15) is 0 Å². The van der Waals surface area contributed by atoms with Gasteiger partial charge in [0.05, 0.1) is 22.1 Å². The van der Waals surface area contributed by atoms with E-state index in [2.05, 4.69) is 270 Å². The smallest absolute Gasteiger partial charge is 0.179 e. The molecule has 0 amide bonds. The first kappa shape index (κ1) is 40.1. The summed E-state index contributed by atoms with van der Waals surface area (Å²) in [7, 11) is -2.78. The van der Waals surface area contributed by atoms with Gasteiger partial charge in [-0.3, -0.25) is 0 Å². The van der Waals surface area contributed by atoms with Crippen LogP contribution >= 0.6 is 0 Å². The van der Waals surface area contributed by atoms with Gasteiger partial charge in [-0.15, -0.1) is 0 Å². The minimum Gasteiger partial charge on any atom is -0.456 e. The third kappa shape index (κ3) is 6.13. The maximum absolute atomic E-state index is 6.45. The van der Waals surface area contributed by atoms with Gasteiger partial charge >= 0.3 is 0 Å². The fraction of sp³-hybridized carbons (Fsp3) is 0. The van der Waals surface area contributed by atoms with Gasteiger partial charge in [0, 0.05) is 43.7 Å². The Bertz CT molecular complexity index is 4190. The molecule has 11 aromatic carbocycles. The molecule has 4 heteroatoms. The Hall–Kier alpha value is -8.96. The molecule has 3 heterocycles. The summed E-state index contributed by atoms with van der Waals surface area (Å²) < 4.78 is 11.4. The van der Waals surface area contributed by atoms with Crippen molar-refractivity contribution in [1.82, 2.24) is 9.13 Å². The Morgan fingerprint density at radius 1 is 0.271 bits per heavy atom. The van der Waals surface area contributed by atoms with Crippen LogP contribution in [0.3, 0.4) is 0 Å². The Kier molecular flexibility index (Phi) is 9.23. The van der Waals surface area contributed by atoms with Crippen LogP contribution in [0.5, 0.6) is 0 Å². The van der Waals surface area contributed by atoms with Gasteiger partial charge in [-0.2, -0.15) is 0 Å². The molecule has 3 nitrogen and oxygen atoms in total. The summed E-state index contributed by atoms with van der Waals surface area (Å²) in [5.41, 5.74) is 13.4. The van der Waals surface area contributed by atoms with Crippen molar-refractivity contribution in [1.29, 1.82) is 0 Å². The van der Waals surface area contributed by atoms with E-state index in [1.807, 2.05) is 6.07 Å². The highest BCUT2D eigenvalue weighted by Crippen LogP contribution is 2.43. The topological polar surface area (TPSA) is 23.0 Å². The van der Waals surface area contributed by atoms with E-state index in [0.717, 1.165) is 49.9 Å². The summed E-state index contributed by atoms with van der Waals surface area (Å²) in [6.45, 7) is 0. The van der Waals surface area contributed by atoms with Crippen molar-refractivity contribution in [2.45, 2.75) is 0 Å². The van der Waals surface area contributed by atoms with E-state index >= 15 is 0 Å². The van der Waals surface area contributed by atoms with Gasteiger partial charge in [0.1, 0.15) is 11.2 Å². The van der Waals surface area contributed by atoms with E-state index in [-0.39, 0.29) is 0 Å². The van der Waals surface area contributed by atoms with Gasteiger partial charge in [-0.1, -0.05) is 194 Å². The van der Waals surface area contributed by atoms with Gasteiger partial charge in [0.15, 0.2) is 8.07 Å². The first-order chi connectivity index (χ1) is 34.7. The molecule has 0 fully saturated rings. The Morgan fingerprint density at radius 3 is 1.54 bits per heavy atom. The van der Waals surface area contributed by atoms with Crippen LogP contribution in [0.2, 0.25) is 0 Å². The number of rotatable bonds is 8. The molecule has 0 bridgehead atoms. The summed E-state index contributed by atoms with van der Waals surface area (Å²) >= 11 is 0. The number of benzene rings is 11. The van der Waals surface area contributed by atoms with Crippen LogP contribution in [0.4, 0.5) is 0 Å². The van der Waals surface area contributed by atoms with Gasteiger partial charge < -0.3 is 13.6 Å². The number of hydrogen-bond donors (Lipinski definition) is 0. The Morgan fingerprint density at radius 2 is 0.800 bits per heavy atom. The molecular formula is C66H44N2OSi. The lowest BCUT2D eigenvalue weighted by Crippen LogP contribution is -2.74. The maximum Gasteiger partial charge on any atom is 0.179 e. The van der Waals surface area contributed by atoms with E-state index in [0.29, 0.717) is 0 Å². The van der Waals surface area contributed by atoms with Crippen molar-refractivity contribution >= 4 is 94.4 Å². The molecule has 0 aliphatic heterocycles. The molecule has 14 rings (SSSR count). The second-order valence-electron chi connectivity index (χ2n) is 18.4. The lowest BCUT2D eigenvalue weighted by Gasteiger charge is -2.34. The zero-order valence-electron chi connectivity index (χ0n) is 38.2. The van der Waals surface area contributed by atoms with Crippen molar-refractivity contribution in [3.05, 3.63) is 267 Å². The highest BCUT2D eigenvalue weighted by Gasteiger charge is 2.41. The minimum absolute atomic E-state index is 0.894. The van der Waals surface area contributed by atoms with E-state index in [1.54, 1.807) is 0 Å². The predicted octanol–water partition coefficient (Wildman–Crippen LogP) is 14.5. The summed E-state index contributed by atoms with van der Waals surface area (Å²) in [5.74, 6) is 0. The monoisotopic (exact) mass is 908 g/mol. The first-order valence-corrected chi connectivity index (χ1v) is 26.1. The van der Waals surface area contributed by atoms with Gasteiger partial charge in [-0.05, 0) is 116 Å². The number of aromatic nitrogens is 2. The fourth-order valence-electron chi connectivity index (χ4n) is 11.6. The largest absolute Gasteiger partial charge is 0.456 e. The van der Waals surface area contributed by atoms with Crippen LogP contribution in [0.25, 0.3) is 99.2 Å². The van der Waals surface area contributed by atoms with Crippen molar-refractivity contribution < 1.29 is 4.42 Å². The lowest BCUT2D eigenvalue weighted by atomic mass is 9.97. The average Bonchev–Trinajstić information content (AvgIpc) is 4.09. The quantitative estimate of drug-likeness (QED) is 0.110. The predicted molar refractivity (Wildman–Crippen MR) is 297 cm³/mol. The molecule has 0 saturated carbocycles. The third-order valence-electron chi connectivity index (χ3n) is 14.7. The molecule has 0 aliphatic rings. The van der Waals surface area contributed by atoms with Gasteiger partial charge in [-0.25, -0.2) is 0 Å². The van der Waals surface area contributed by atoms with Crippen LogP contribution in [-0.4, -0.2) is 17.2 Å². The van der Waals surface area contributed by atoms with Gasteiger partial charge in [0.2, 0.25) is 0 Å². The van der Waals surface area contributed by atoms with Gasteiger partial charge in [0.25, 0.3) is 0 Å². The Labute approximate surface area is 406 Å². The standard InChI is InChI=1S/C66H44N2OSi/c1-5-19-45(20-6-1)46-36-39-62-59(41-46)66-54(47-35-38-57-56-30-14-16-34-64(56)69-65(57)42-47)31-18-33-63(66)68(62)49-37-40-61-58(44-49)55-29-13-15-32-60(55)67(61)48-21-17-28-53(43-48)70(50-22-7-2-8-23-50,51-24-9-3-10-25-51)52-26-11-4-12-27-52/h1-44H. The molecule has 328 valence electrons. The second-order valence-corrected chi connectivity index (χ2v) is 22.2. The second kappa shape index (κ2) is 16.1. The van der Waals surface area contributed by atoms with Crippen molar-refractivity contribution in [3.63, 3.8) is 0 Å². The van der Waals surface area contributed by atoms with Crippen LogP contribution in [0, 0.1) is 0 Å². The van der Waals surface area contributed by atoms with Crippen LogP contribution in [0.15, 0.2) is 271 Å². The number of fused-ring (bicyclic) bond motifs is 9. The Balaban J connectivity index is 0.985. The normalized spacial score (nSPS) is 12.0. The molecule has 0 spiro atoms. The SMILES string of the molecule is c1ccc(-c2ccc3c(c2)c2c(-c4ccc5c(c4)oc4ccccc45)cccc2n3-c2ccc3c(c2)c2ccccc2n3-c2cccc([Si](c3ccccc3)(c3ccccc3)c3ccccc3)c2)cc1. The molecular weight excluding hydrogens is 865 g/mol.